The Morgan fingerprint density at radius 1 is 1.39 bits per heavy atom. The van der Waals surface area contributed by atoms with E-state index in [1.165, 1.54) is 4.90 Å². The van der Waals surface area contributed by atoms with Crippen LogP contribution in [0.5, 0.6) is 0 Å². The molecule has 0 saturated carbocycles. The molecule has 7 heteroatoms. The lowest BCUT2D eigenvalue weighted by atomic mass is 9.76. The van der Waals surface area contributed by atoms with E-state index in [1.807, 2.05) is 0 Å². The Labute approximate surface area is 107 Å². The molecule has 2 aliphatic rings. The average molecular weight is 276 g/mol. The molecule has 18 heavy (non-hydrogen) atoms. The van der Waals surface area contributed by atoms with Crippen LogP contribution in [0.2, 0.25) is 0 Å². The Morgan fingerprint density at radius 2 is 1.94 bits per heavy atom. The molecule has 104 valence electrons. The third kappa shape index (κ3) is 2.47. The van der Waals surface area contributed by atoms with Crippen molar-refractivity contribution in [1.29, 1.82) is 0 Å². The number of amides is 1. The second kappa shape index (κ2) is 3.84. The normalized spacial score (nSPS) is 29.1. The number of likely N-dealkylation sites (tertiary alicyclic amines) is 1. The minimum Gasteiger partial charge on any atom is -0.444 e. The van der Waals surface area contributed by atoms with E-state index in [1.54, 1.807) is 20.8 Å². The van der Waals surface area contributed by atoms with Gasteiger partial charge in [-0.25, -0.2) is 13.2 Å². The molecule has 0 radical (unpaired) electrons. The van der Waals surface area contributed by atoms with Gasteiger partial charge in [-0.05, 0) is 20.8 Å². The molecule has 0 aliphatic carbocycles. The predicted octanol–water partition coefficient (Wildman–Crippen LogP) is -0.0208. The number of hydrogen-bond acceptors (Lipinski definition) is 5. The van der Waals surface area contributed by atoms with Crippen molar-refractivity contribution in [2.24, 2.45) is 11.1 Å². The van der Waals surface area contributed by atoms with Crippen LogP contribution in [0.25, 0.3) is 0 Å². The van der Waals surface area contributed by atoms with Crippen molar-refractivity contribution >= 4 is 15.9 Å². The van der Waals surface area contributed by atoms with Gasteiger partial charge in [0.05, 0.1) is 11.5 Å². The molecule has 0 aromatic heterocycles. The number of nitrogens with zero attached hydrogens (tertiary/aromatic N) is 1. The largest absolute Gasteiger partial charge is 0.444 e. The number of rotatable bonds is 0. The van der Waals surface area contributed by atoms with Crippen LogP contribution >= 0.6 is 0 Å². The van der Waals surface area contributed by atoms with Crippen LogP contribution in [-0.4, -0.2) is 55.6 Å². The van der Waals surface area contributed by atoms with Crippen LogP contribution in [0.1, 0.15) is 20.8 Å². The van der Waals surface area contributed by atoms with E-state index in [-0.39, 0.29) is 17.5 Å². The van der Waals surface area contributed by atoms with Gasteiger partial charge in [-0.1, -0.05) is 0 Å². The van der Waals surface area contributed by atoms with Crippen LogP contribution in [0.15, 0.2) is 0 Å². The Morgan fingerprint density at radius 3 is 2.33 bits per heavy atom. The molecular formula is C11H20N2O4S. The molecule has 2 N–H and O–H groups in total. The molecule has 1 atom stereocenters. The summed E-state index contributed by atoms with van der Waals surface area (Å²) in [5, 5.41) is 0. The van der Waals surface area contributed by atoms with Crippen molar-refractivity contribution in [3.8, 4) is 0 Å². The molecular weight excluding hydrogens is 256 g/mol. The molecule has 2 saturated heterocycles. The highest BCUT2D eigenvalue weighted by Gasteiger charge is 2.57. The van der Waals surface area contributed by atoms with Crippen molar-refractivity contribution in [3.05, 3.63) is 0 Å². The maximum atomic E-state index is 11.8. The maximum absolute atomic E-state index is 11.8. The number of sulfone groups is 1. The van der Waals surface area contributed by atoms with E-state index in [0.29, 0.717) is 13.1 Å². The quantitative estimate of drug-likeness (QED) is 0.671. The summed E-state index contributed by atoms with van der Waals surface area (Å²) < 4.78 is 28.3. The summed E-state index contributed by atoms with van der Waals surface area (Å²) in [6.07, 6.45) is -0.398. The van der Waals surface area contributed by atoms with Crippen molar-refractivity contribution < 1.29 is 17.9 Å². The van der Waals surface area contributed by atoms with Gasteiger partial charge in [0.15, 0.2) is 9.84 Å². The fraction of sp³-hybridized carbons (Fsp3) is 0.909. The first-order valence-corrected chi connectivity index (χ1v) is 7.79. The van der Waals surface area contributed by atoms with E-state index >= 15 is 0 Å². The fourth-order valence-electron chi connectivity index (χ4n) is 2.55. The molecule has 2 heterocycles. The van der Waals surface area contributed by atoms with Crippen LogP contribution in [0.4, 0.5) is 4.79 Å². The molecule has 0 bridgehead atoms. The molecule has 0 unspecified atom stereocenters. The topological polar surface area (TPSA) is 89.7 Å². The Bertz CT molecular complexity index is 460. The van der Waals surface area contributed by atoms with Gasteiger partial charge in [-0.2, -0.15) is 0 Å². The first-order valence-electron chi connectivity index (χ1n) is 5.97. The molecule has 2 rings (SSSR count). The summed E-state index contributed by atoms with van der Waals surface area (Å²) >= 11 is 0. The molecule has 6 nitrogen and oxygen atoms in total. The van der Waals surface area contributed by atoms with E-state index in [9.17, 15) is 13.2 Å². The lowest BCUT2D eigenvalue weighted by molar-refractivity contribution is -0.0300. The SMILES string of the molecule is CC(C)(C)OC(=O)N1CC2(C1)CS(=O)(=O)C[C@H]2N. The number of carbonyl (C=O) groups excluding carboxylic acids is 1. The Balaban J connectivity index is 1.97. The maximum Gasteiger partial charge on any atom is 0.410 e. The second-order valence-electron chi connectivity index (χ2n) is 6.36. The standard InChI is InChI=1S/C11H20N2O4S/c1-10(2,3)17-9(14)13-5-11(6-13)7-18(15,16)4-8(11)12/h8H,4-7,12H2,1-3H3/t8-/m1/s1. The van der Waals surface area contributed by atoms with Gasteiger partial charge in [0.25, 0.3) is 0 Å². The lowest BCUT2D eigenvalue weighted by Crippen LogP contribution is -2.65. The van der Waals surface area contributed by atoms with Crippen LogP contribution in [0, 0.1) is 5.41 Å². The van der Waals surface area contributed by atoms with E-state index < -0.39 is 26.9 Å². The van der Waals surface area contributed by atoms with Crippen LogP contribution in [-0.2, 0) is 14.6 Å². The highest BCUT2D eigenvalue weighted by molar-refractivity contribution is 7.91. The zero-order valence-corrected chi connectivity index (χ0v) is 11.8. The molecule has 1 amide bonds. The highest BCUT2D eigenvalue weighted by Crippen LogP contribution is 2.40. The summed E-state index contributed by atoms with van der Waals surface area (Å²) in [5.41, 5.74) is 4.90. The van der Waals surface area contributed by atoms with Crippen molar-refractivity contribution in [2.45, 2.75) is 32.4 Å². The third-order valence-corrected chi connectivity index (χ3v) is 5.27. The van der Waals surface area contributed by atoms with Crippen molar-refractivity contribution in [2.75, 3.05) is 24.6 Å². The van der Waals surface area contributed by atoms with Crippen molar-refractivity contribution in [3.63, 3.8) is 0 Å². The summed E-state index contributed by atoms with van der Waals surface area (Å²) in [6, 6.07) is -0.374. The van der Waals surface area contributed by atoms with Gasteiger partial charge in [0.2, 0.25) is 0 Å². The monoisotopic (exact) mass is 276 g/mol. The molecule has 0 aromatic carbocycles. The van der Waals surface area contributed by atoms with E-state index in [2.05, 4.69) is 0 Å². The lowest BCUT2D eigenvalue weighted by Gasteiger charge is -2.49. The zero-order chi connectivity index (χ0) is 13.8. The molecule has 1 spiro atoms. The first kappa shape index (κ1) is 13.6. The summed E-state index contributed by atoms with van der Waals surface area (Å²) in [4.78, 5) is 13.3. The van der Waals surface area contributed by atoms with E-state index in [0.717, 1.165) is 0 Å². The van der Waals surface area contributed by atoms with Gasteiger partial charge >= 0.3 is 6.09 Å². The fourth-order valence-corrected chi connectivity index (χ4v) is 4.84. The number of carbonyl (C=O) groups is 1. The van der Waals surface area contributed by atoms with Crippen LogP contribution in [0.3, 0.4) is 0 Å². The number of nitrogens with two attached hydrogens (primary N) is 1. The summed E-state index contributed by atoms with van der Waals surface area (Å²) in [7, 11) is -3.05. The average Bonchev–Trinajstić information content (AvgIpc) is 2.29. The van der Waals surface area contributed by atoms with Gasteiger partial charge in [0, 0.05) is 24.5 Å². The first-order chi connectivity index (χ1) is 8.03. The minimum atomic E-state index is -3.05. The molecule has 0 aromatic rings. The Kier molecular flexibility index (Phi) is 2.90. The van der Waals surface area contributed by atoms with Gasteiger partial charge in [0.1, 0.15) is 5.60 Å². The molecule has 2 fully saturated rings. The Hall–Kier alpha value is -0.820. The van der Waals surface area contributed by atoms with Gasteiger partial charge in [-0.3, -0.25) is 0 Å². The smallest absolute Gasteiger partial charge is 0.410 e. The summed E-state index contributed by atoms with van der Waals surface area (Å²) in [5.74, 6) is 0.107. The van der Waals surface area contributed by atoms with E-state index in [4.69, 9.17) is 10.5 Å². The zero-order valence-electron chi connectivity index (χ0n) is 11.0. The highest BCUT2D eigenvalue weighted by atomic mass is 32.2. The predicted molar refractivity (Wildman–Crippen MR) is 66.9 cm³/mol. The summed E-state index contributed by atoms with van der Waals surface area (Å²) in [6.45, 7) is 6.15. The van der Waals surface area contributed by atoms with Crippen molar-refractivity contribution in [1.82, 2.24) is 4.90 Å². The number of ether oxygens (including phenoxy) is 1. The number of hydrogen-bond donors (Lipinski definition) is 1. The molecule has 2 aliphatic heterocycles. The minimum absolute atomic E-state index is 0.0230. The van der Waals surface area contributed by atoms with Gasteiger partial charge in [-0.15, -0.1) is 0 Å². The third-order valence-electron chi connectivity index (χ3n) is 3.39. The second-order valence-corrected chi connectivity index (χ2v) is 8.47. The van der Waals surface area contributed by atoms with Gasteiger partial charge < -0.3 is 15.4 Å². The van der Waals surface area contributed by atoms with Crippen LogP contribution < -0.4 is 5.73 Å².